The van der Waals surface area contributed by atoms with Crippen LogP contribution in [0.25, 0.3) is 0 Å². The van der Waals surface area contributed by atoms with Crippen molar-refractivity contribution in [1.82, 2.24) is 5.32 Å². The lowest BCUT2D eigenvalue weighted by Gasteiger charge is -2.22. The molecule has 3 N–H and O–H groups in total. The van der Waals surface area contributed by atoms with Gasteiger partial charge < -0.3 is 11.1 Å². The van der Waals surface area contributed by atoms with Gasteiger partial charge in [-0.05, 0) is 24.8 Å². The van der Waals surface area contributed by atoms with E-state index in [2.05, 4.69) is 50.4 Å². The van der Waals surface area contributed by atoms with Gasteiger partial charge in [-0.3, -0.25) is 0 Å². The molecule has 0 radical (unpaired) electrons. The molecule has 0 aliphatic heterocycles. The van der Waals surface area contributed by atoms with Crippen molar-refractivity contribution >= 4 is 0 Å². The summed E-state index contributed by atoms with van der Waals surface area (Å²) in [5, 5.41) is 3.51. The third kappa shape index (κ3) is 4.33. The van der Waals surface area contributed by atoms with Crippen LogP contribution in [0.3, 0.4) is 0 Å². The summed E-state index contributed by atoms with van der Waals surface area (Å²) in [7, 11) is 0. The lowest BCUT2D eigenvalue weighted by molar-refractivity contribution is 0.401. The summed E-state index contributed by atoms with van der Waals surface area (Å²) >= 11 is 0. The van der Waals surface area contributed by atoms with Crippen LogP contribution in [0.5, 0.6) is 0 Å². The summed E-state index contributed by atoms with van der Waals surface area (Å²) in [4.78, 5) is 0. The van der Waals surface area contributed by atoms with Crippen molar-refractivity contribution in [2.45, 2.75) is 33.2 Å². The van der Waals surface area contributed by atoms with Crippen molar-refractivity contribution in [1.29, 1.82) is 0 Å². The molecule has 90 valence electrons. The van der Waals surface area contributed by atoms with Crippen LogP contribution in [-0.4, -0.2) is 19.1 Å². The van der Waals surface area contributed by atoms with Gasteiger partial charge in [-0.15, -0.1) is 0 Å². The molecule has 0 aliphatic rings. The molecule has 0 heterocycles. The fourth-order valence-corrected chi connectivity index (χ4v) is 1.91. The Hall–Kier alpha value is -0.860. The number of hydrogen-bond acceptors (Lipinski definition) is 2. The van der Waals surface area contributed by atoms with Crippen LogP contribution in [0.2, 0.25) is 0 Å². The maximum Gasteiger partial charge on any atom is 0.0131 e. The molecule has 2 nitrogen and oxygen atoms in total. The monoisotopic (exact) mass is 220 g/mol. The molecular weight excluding hydrogens is 196 g/mol. The van der Waals surface area contributed by atoms with E-state index in [9.17, 15) is 0 Å². The quantitative estimate of drug-likeness (QED) is 0.770. The second-order valence-corrected chi connectivity index (χ2v) is 4.79. The van der Waals surface area contributed by atoms with E-state index in [4.69, 9.17) is 5.73 Å². The molecule has 16 heavy (non-hydrogen) atoms. The topological polar surface area (TPSA) is 38.0 Å². The third-order valence-electron chi connectivity index (χ3n) is 2.89. The van der Waals surface area contributed by atoms with E-state index >= 15 is 0 Å². The summed E-state index contributed by atoms with van der Waals surface area (Å²) in [6.45, 7) is 8.25. The average molecular weight is 220 g/mol. The zero-order chi connectivity index (χ0) is 12.0. The molecule has 1 atom stereocenters. The maximum atomic E-state index is 5.53. The fourth-order valence-electron chi connectivity index (χ4n) is 1.91. The van der Waals surface area contributed by atoms with E-state index in [-0.39, 0.29) is 0 Å². The highest BCUT2D eigenvalue weighted by molar-refractivity contribution is 5.23. The third-order valence-corrected chi connectivity index (χ3v) is 2.89. The smallest absolute Gasteiger partial charge is 0.0131 e. The zero-order valence-electron chi connectivity index (χ0n) is 10.7. The van der Waals surface area contributed by atoms with Crippen molar-refractivity contribution in [3.8, 4) is 0 Å². The molecule has 1 aromatic rings. The predicted molar refractivity (Wildman–Crippen MR) is 70.6 cm³/mol. The Kier molecular flexibility index (Phi) is 5.50. The highest BCUT2D eigenvalue weighted by Crippen LogP contribution is 2.11. The van der Waals surface area contributed by atoms with Crippen LogP contribution in [0, 0.1) is 12.8 Å². The van der Waals surface area contributed by atoms with Gasteiger partial charge in [0, 0.05) is 19.1 Å². The van der Waals surface area contributed by atoms with Gasteiger partial charge in [-0.2, -0.15) is 0 Å². The number of nitrogens with one attached hydrogen (secondary N) is 1. The van der Waals surface area contributed by atoms with E-state index in [0.717, 1.165) is 13.0 Å². The van der Waals surface area contributed by atoms with E-state index in [1.807, 2.05) is 0 Å². The minimum Gasteiger partial charge on any atom is -0.329 e. The van der Waals surface area contributed by atoms with Crippen molar-refractivity contribution < 1.29 is 0 Å². The molecule has 0 fully saturated rings. The van der Waals surface area contributed by atoms with Gasteiger partial charge in [0.25, 0.3) is 0 Å². The molecule has 0 saturated carbocycles. The van der Waals surface area contributed by atoms with Gasteiger partial charge in [-0.1, -0.05) is 43.7 Å². The Morgan fingerprint density at radius 3 is 2.62 bits per heavy atom. The fraction of sp³-hybridized carbons (Fsp3) is 0.571. The predicted octanol–water partition coefficient (Wildman–Crippen LogP) is 2.11. The van der Waals surface area contributed by atoms with Gasteiger partial charge in [0.15, 0.2) is 0 Å². The standard InChI is InChI=1S/C14H24N2/c1-11(2)14(16-8-7-15)10-13-6-4-5-12(3)9-13/h4-6,9,11,14,16H,7-8,10,15H2,1-3H3. The Labute approximate surface area is 99.2 Å². The Morgan fingerprint density at radius 1 is 1.31 bits per heavy atom. The van der Waals surface area contributed by atoms with Gasteiger partial charge in [0.05, 0.1) is 0 Å². The Morgan fingerprint density at radius 2 is 2.06 bits per heavy atom. The number of benzene rings is 1. The summed E-state index contributed by atoms with van der Waals surface area (Å²) < 4.78 is 0. The Balaban J connectivity index is 2.60. The largest absolute Gasteiger partial charge is 0.329 e. The van der Waals surface area contributed by atoms with Gasteiger partial charge in [0.2, 0.25) is 0 Å². The first-order valence-electron chi connectivity index (χ1n) is 6.12. The molecule has 0 saturated heterocycles. The van der Waals surface area contributed by atoms with Crippen LogP contribution in [0.1, 0.15) is 25.0 Å². The van der Waals surface area contributed by atoms with Crippen LogP contribution >= 0.6 is 0 Å². The van der Waals surface area contributed by atoms with Crippen molar-refractivity contribution in [2.24, 2.45) is 11.7 Å². The lowest BCUT2D eigenvalue weighted by Crippen LogP contribution is -2.38. The summed E-state index contributed by atoms with van der Waals surface area (Å²) in [6.07, 6.45) is 1.08. The van der Waals surface area contributed by atoms with Crippen molar-refractivity contribution in [2.75, 3.05) is 13.1 Å². The number of nitrogens with two attached hydrogens (primary N) is 1. The Bertz CT molecular complexity index is 307. The first-order valence-corrected chi connectivity index (χ1v) is 6.12. The molecule has 1 rings (SSSR count). The van der Waals surface area contributed by atoms with E-state index in [0.29, 0.717) is 18.5 Å². The summed E-state index contributed by atoms with van der Waals surface area (Å²) in [5.74, 6) is 0.632. The molecule has 2 heteroatoms. The van der Waals surface area contributed by atoms with Crippen LogP contribution in [-0.2, 0) is 6.42 Å². The molecular formula is C14H24N2. The second-order valence-electron chi connectivity index (χ2n) is 4.79. The number of rotatable bonds is 6. The van der Waals surface area contributed by atoms with Crippen LogP contribution in [0.4, 0.5) is 0 Å². The van der Waals surface area contributed by atoms with E-state index in [1.165, 1.54) is 11.1 Å². The number of hydrogen-bond donors (Lipinski definition) is 2. The van der Waals surface area contributed by atoms with Crippen molar-refractivity contribution in [3.05, 3.63) is 35.4 Å². The molecule has 1 unspecified atom stereocenters. The second kappa shape index (κ2) is 6.66. The molecule has 0 amide bonds. The molecule has 0 aromatic heterocycles. The van der Waals surface area contributed by atoms with Gasteiger partial charge >= 0.3 is 0 Å². The SMILES string of the molecule is Cc1cccc(CC(NCCN)C(C)C)c1. The highest BCUT2D eigenvalue weighted by Gasteiger charge is 2.12. The summed E-state index contributed by atoms with van der Waals surface area (Å²) in [6, 6.07) is 9.25. The van der Waals surface area contributed by atoms with Crippen LogP contribution < -0.4 is 11.1 Å². The summed E-state index contributed by atoms with van der Waals surface area (Å²) in [5.41, 5.74) is 8.27. The molecule has 0 aliphatic carbocycles. The molecule has 1 aromatic carbocycles. The minimum absolute atomic E-state index is 0.519. The minimum atomic E-state index is 0.519. The van der Waals surface area contributed by atoms with E-state index in [1.54, 1.807) is 0 Å². The lowest BCUT2D eigenvalue weighted by atomic mass is 9.95. The van der Waals surface area contributed by atoms with Gasteiger partial charge in [-0.25, -0.2) is 0 Å². The maximum absolute atomic E-state index is 5.53. The van der Waals surface area contributed by atoms with E-state index < -0.39 is 0 Å². The first kappa shape index (κ1) is 13.2. The van der Waals surface area contributed by atoms with Gasteiger partial charge in [0.1, 0.15) is 0 Å². The highest BCUT2D eigenvalue weighted by atomic mass is 14.9. The molecule has 0 bridgehead atoms. The van der Waals surface area contributed by atoms with Crippen LogP contribution in [0.15, 0.2) is 24.3 Å². The van der Waals surface area contributed by atoms with Crippen molar-refractivity contribution in [3.63, 3.8) is 0 Å². The molecule has 0 spiro atoms. The number of aryl methyl sites for hydroxylation is 1. The first-order chi connectivity index (χ1) is 7.63. The normalized spacial score (nSPS) is 13.1. The zero-order valence-corrected chi connectivity index (χ0v) is 10.7. The average Bonchev–Trinajstić information content (AvgIpc) is 2.24.